The first kappa shape index (κ1) is 13.6. The molecule has 1 aliphatic rings. The highest BCUT2D eigenvalue weighted by molar-refractivity contribution is 7.14. The summed E-state index contributed by atoms with van der Waals surface area (Å²) in [5.41, 5.74) is 5.34. The molecule has 2 aromatic rings. The third kappa shape index (κ3) is 3.02. The quantitative estimate of drug-likeness (QED) is 0.851. The van der Waals surface area contributed by atoms with Crippen molar-refractivity contribution in [3.8, 4) is 11.3 Å². The Balaban J connectivity index is 1.75. The van der Waals surface area contributed by atoms with Crippen molar-refractivity contribution in [3.05, 3.63) is 34.7 Å². The molecule has 0 fully saturated rings. The summed E-state index contributed by atoms with van der Waals surface area (Å²) in [6.07, 6.45) is 5.09. The van der Waals surface area contributed by atoms with Crippen molar-refractivity contribution in [3.63, 3.8) is 0 Å². The van der Waals surface area contributed by atoms with Gasteiger partial charge in [0.25, 0.3) is 0 Å². The second-order valence-corrected chi connectivity index (χ2v) is 6.01. The van der Waals surface area contributed by atoms with Gasteiger partial charge in [-0.25, -0.2) is 4.98 Å². The topological polar surface area (TPSA) is 34.1 Å². The van der Waals surface area contributed by atoms with Gasteiger partial charge in [-0.1, -0.05) is 12.1 Å². The van der Waals surface area contributed by atoms with Gasteiger partial charge in [0, 0.05) is 24.6 Å². The van der Waals surface area contributed by atoms with Gasteiger partial charge < -0.3 is 10.1 Å². The first-order valence-electron chi connectivity index (χ1n) is 7.17. The molecule has 1 aliphatic carbocycles. The maximum Gasteiger partial charge on any atom is 0.183 e. The lowest BCUT2D eigenvalue weighted by molar-refractivity contribution is 0.211. The molecule has 20 heavy (non-hydrogen) atoms. The Morgan fingerprint density at radius 1 is 1.25 bits per heavy atom. The largest absolute Gasteiger partial charge is 0.383 e. The molecule has 0 saturated heterocycles. The Morgan fingerprint density at radius 3 is 2.95 bits per heavy atom. The number of nitrogens with zero attached hydrogens (tertiary/aromatic N) is 1. The van der Waals surface area contributed by atoms with Crippen LogP contribution < -0.4 is 5.32 Å². The lowest BCUT2D eigenvalue weighted by Gasteiger charge is -2.16. The summed E-state index contributed by atoms with van der Waals surface area (Å²) in [7, 11) is 1.71. The van der Waals surface area contributed by atoms with Crippen LogP contribution in [0.4, 0.5) is 5.13 Å². The summed E-state index contributed by atoms with van der Waals surface area (Å²) < 4.78 is 5.03. The molecule has 3 rings (SSSR count). The molecule has 106 valence electrons. The average Bonchev–Trinajstić information content (AvgIpc) is 2.96. The smallest absolute Gasteiger partial charge is 0.183 e. The van der Waals surface area contributed by atoms with Gasteiger partial charge in [-0.15, -0.1) is 11.3 Å². The van der Waals surface area contributed by atoms with Gasteiger partial charge in [0.05, 0.1) is 12.3 Å². The minimum atomic E-state index is 0.702. The van der Waals surface area contributed by atoms with E-state index < -0.39 is 0 Å². The second kappa shape index (κ2) is 6.37. The lowest BCUT2D eigenvalue weighted by Crippen LogP contribution is -2.07. The number of hydrogen-bond acceptors (Lipinski definition) is 4. The zero-order chi connectivity index (χ0) is 13.8. The van der Waals surface area contributed by atoms with E-state index in [1.54, 1.807) is 18.4 Å². The van der Waals surface area contributed by atoms with E-state index >= 15 is 0 Å². The molecule has 0 atom stereocenters. The van der Waals surface area contributed by atoms with E-state index in [-0.39, 0.29) is 0 Å². The standard InChI is InChI=1S/C16H20N2OS/c1-19-9-8-17-16-18-15(11-20-16)14-7-6-12-4-2-3-5-13(12)10-14/h6-7,10-11H,2-5,8-9H2,1H3,(H,17,18). The van der Waals surface area contributed by atoms with Crippen LogP contribution in [0.25, 0.3) is 11.3 Å². The molecule has 1 heterocycles. The normalized spacial score (nSPS) is 14.1. The molecule has 0 spiro atoms. The van der Waals surface area contributed by atoms with E-state index in [2.05, 4.69) is 33.9 Å². The average molecular weight is 288 g/mol. The van der Waals surface area contributed by atoms with Gasteiger partial charge in [-0.05, 0) is 42.9 Å². The summed E-state index contributed by atoms with van der Waals surface area (Å²) in [4.78, 5) is 4.65. The van der Waals surface area contributed by atoms with Crippen molar-refractivity contribution >= 4 is 16.5 Å². The third-order valence-electron chi connectivity index (χ3n) is 3.73. The van der Waals surface area contributed by atoms with Gasteiger partial charge in [-0.3, -0.25) is 0 Å². The van der Waals surface area contributed by atoms with Crippen molar-refractivity contribution in [2.24, 2.45) is 0 Å². The first-order chi connectivity index (χ1) is 9.86. The molecule has 3 nitrogen and oxygen atoms in total. The van der Waals surface area contributed by atoms with E-state index in [4.69, 9.17) is 4.74 Å². The van der Waals surface area contributed by atoms with Crippen molar-refractivity contribution in [1.29, 1.82) is 0 Å². The number of rotatable bonds is 5. The minimum absolute atomic E-state index is 0.702. The van der Waals surface area contributed by atoms with Crippen LogP contribution >= 0.6 is 11.3 Å². The number of ether oxygens (including phenoxy) is 1. The molecular weight excluding hydrogens is 268 g/mol. The van der Waals surface area contributed by atoms with Gasteiger partial charge >= 0.3 is 0 Å². The number of anilines is 1. The Hall–Kier alpha value is -1.39. The number of fused-ring (bicyclic) bond motifs is 1. The van der Waals surface area contributed by atoms with Gasteiger partial charge in [0.2, 0.25) is 0 Å². The molecule has 1 aromatic carbocycles. The fourth-order valence-corrected chi connectivity index (χ4v) is 3.39. The summed E-state index contributed by atoms with van der Waals surface area (Å²) in [6, 6.07) is 6.81. The Kier molecular flexibility index (Phi) is 4.33. The third-order valence-corrected chi connectivity index (χ3v) is 4.53. The Labute approximate surface area is 124 Å². The molecule has 1 aromatic heterocycles. The van der Waals surface area contributed by atoms with Crippen molar-refractivity contribution in [2.45, 2.75) is 25.7 Å². The molecular formula is C16H20N2OS. The Morgan fingerprint density at radius 2 is 2.10 bits per heavy atom. The summed E-state index contributed by atoms with van der Waals surface area (Å²) >= 11 is 1.65. The second-order valence-electron chi connectivity index (χ2n) is 5.15. The molecule has 4 heteroatoms. The summed E-state index contributed by atoms with van der Waals surface area (Å²) in [5.74, 6) is 0. The van der Waals surface area contributed by atoms with E-state index in [0.29, 0.717) is 6.61 Å². The molecule has 0 radical (unpaired) electrons. The molecule has 0 bridgehead atoms. The van der Waals surface area contributed by atoms with Crippen molar-refractivity contribution in [1.82, 2.24) is 4.98 Å². The van der Waals surface area contributed by atoms with Crippen LogP contribution in [-0.4, -0.2) is 25.2 Å². The van der Waals surface area contributed by atoms with Crippen LogP contribution in [0.15, 0.2) is 23.6 Å². The highest BCUT2D eigenvalue weighted by atomic mass is 32.1. The van der Waals surface area contributed by atoms with Crippen LogP contribution in [0.2, 0.25) is 0 Å². The van der Waals surface area contributed by atoms with Crippen LogP contribution in [0.5, 0.6) is 0 Å². The maximum absolute atomic E-state index is 5.03. The monoisotopic (exact) mass is 288 g/mol. The number of aromatic nitrogens is 1. The van der Waals surface area contributed by atoms with Gasteiger partial charge in [-0.2, -0.15) is 0 Å². The molecule has 0 unspecified atom stereocenters. The number of nitrogens with one attached hydrogen (secondary N) is 1. The maximum atomic E-state index is 5.03. The first-order valence-corrected chi connectivity index (χ1v) is 8.05. The number of hydrogen-bond donors (Lipinski definition) is 1. The van der Waals surface area contributed by atoms with Crippen molar-refractivity contribution in [2.75, 3.05) is 25.6 Å². The van der Waals surface area contributed by atoms with Gasteiger partial charge in [0.15, 0.2) is 5.13 Å². The van der Waals surface area contributed by atoms with Crippen molar-refractivity contribution < 1.29 is 4.74 Å². The number of methoxy groups -OCH3 is 1. The highest BCUT2D eigenvalue weighted by Gasteiger charge is 2.11. The number of benzene rings is 1. The number of thiazole rings is 1. The molecule has 0 amide bonds. The fraction of sp³-hybridized carbons (Fsp3) is 0.438. The van der Waals surface area contributed by atoms with Crippen LogP contribution in [0, 0.1) is 0 Å². The summed E-state index contributed by atoms with van der Waals surface area (Å²) in [5, 5.41) is 6.37. The van der Waals surface area contributed by atoms with Gasteiger partial charge in [0.1, 0.15) is 0 Å². The van der Waals surface area contributed by atoms with Crippen LogP contribution in [0.1, 0.15) is 24.0 Å². The summed E-state index contributed by atoms with van der Waals surface area (Å²) in [6.45, 7) is 1.50. The number of aryl methyl sites for hydroxylation is 2. The van der Waals surface area contributed by atoms with E-state index in [1.807, 2.05) is 0 Å². The van der Waals surface area contributed by atoms with E-state index in [9.17, 15) is 0 Å². The minimum Gasteiger partial charge on any atom is -0.383 e. The van der Waals surface area contributed by atoms with Crippen LogP contribution in [0.3, 0.4) is 0 Å². The highest BCUT2D eigenvalue weighted by Crippen LogP contribution is 2.29. The lowest BCUT2D eigenvalue weighted by atomic mass is 9.90. The fourth-order valence-electron chi connectivity index (χ4n) is 2.64. The van der Waals surface area contributed by atoms with E-state index in [1.165, 1.54) is 42.4 Å². The SMILES string of the molecule is COCCNc1nc(-c2ccc3c(c2)CCCC3)cs1. The molecule has 0 saturated carbocycles. The molecule has 0 aliphatic heterocycles. The zero-order valence-corrected chi connectivity index (χ0v) is 12.6. The van der Waals surface area contributed by atoms with Crippen LogP contribution in [-0.2, 0) is 17.6 Å². The Bertz CT molecular complexity index is 580. The molecule has 1 N–H and O–H groups in total. The predicted octanol–water partition coefficient (Wildman–Crippen LogP) is 3.75. The predicted molar refractivity (Wildman–Crippen MR) is 84.6 cm³/mol. The van der Waals surface area contributed by atoms with E-state index in [0.717, 1.165) is 17.4 Å². The zero-order valence-electron chi connectivity index (χ0n) is 11.8.